The van der Waals surface area contributed by atoms with E-state index in [0.717, 1.165) is 6.42 Å². The Bertz CT molecular complexity index is 435. The molecule has 0 fully saturated rings. The first-order valence-corrected chi connectivity index (χ1v) is 10.3. The summed E-state index contributed by atoms with van der Waals surface area (Å²) in [6.45, 7) is 11.1. The number of hydrogen-bond acceptors (Lipinski definition) is 8. The number of carbonyl (C=O) groups excluding carboxylic acids is 2. The second-order valence-corrected chi connectivity index (χ2v) is 8.19. The van der Waals surface area contributed by atoms with Gasteiger partial charge in [-0.15, -0.1) is 6.58 Å². The standard InChI is InChI=1S/C14H25NO4S2.O2Si/c1-7-10(8-2)21-20-9-11(12(16)18-6)15-13(17)19-14(3,4)5;1-3-2/h7,10-11H,1,8-9H2,2-6H3,(H,15,17);. The number of nitrogens with one attached hydrogen (secondary N) is 1. The van der Waals surface area contributed by atoms with E-state index in [1.807, 2.05) is 6.08 Å². The predicted octanol–water partition coefficient (Wildman–Crippen LogP) is 2.78. The molecule has 0 aromatic rings. The molecule has 2 unspecified atom stereocenters. The maximum absolute atomic E-state index is 11.7. The molecule has 10 heteroatoms. The molecule has 0 aliphatic rings. The van der Waals surface area contributed by atoms with Crippen molar-refractivity contribution in [3.05, 3.63) is 12.7 Å². The largest absolute Gasteiger partial charge is 0.549 e. The Morgan fingerprint density at radius 2 is 1.88 bits per heavy atom. The Morgan fingerprint density at radius 1 is 1.33 bits per heavy atom. The maximum atomic E-state index is 11.7. The molecular formula is C14H25NO6S2Si. The molecule has 1 N–H and O–H groups in total. The number of methoxy groups -OCH3 is 1. The van der Waals surface area contributed by atoms with Crippen molar-refractivity contribution in [3.8, 4) is 0 Å². The van der Waals surface area contributed by atoms with Gasteiger partial charge < -0.3 is 14.8 Å². The lowest BCUT2D eigenvalue weighted by Gasteiger charge is -2.22. The van der Waals surface area contributed by atoms with Crippen LogP contribution in [0.25, 0.3) is 0 Å². The van der Waals surface area contributed by atoms with Gasteiger partial charge in [-0.2, -0.15) is 0 Å². The zero-order valence-electron chi connectivity index (χ0n) is 14.6. The number of carbonyl (C=O) groups is 2. The molecule has 0 aromatic heterocycles. The second-order valence-electron chi connectivity index (χ2n) is 5.37. The van der Waals surface area contributed by atoms with E-state index < -0.39 is 33.0 Å². The molecule has 0 saturated heterocycles. The SMILES string of the molecule is C=CC(CC)SSCC(NC(=O)OC(C)(C)C)C(=O)OC.O=[Si]=O. The average Bonchev–Trinajstić information content (AvgIpc) is 2.48. The number of amides is 1. The maximum Gasteiger partial charge on any atom is 0.549 e. The number of ether oxygens (including phenoxy) is 2. The first-order chi connectivity index (χ1) is 11.1. The molecule has 1 amide bonds. The van der Waals surface area contributed by atoms with Crippen LogP contribution in [0.4, 0.5) is 4.79 Å². The van der Waals surface area contributed by atoms with Crippen LogP contribution in [0.15, 0.2) is 12.7 Å². The lowest BCUT2D eigenvalue weighted by Crippen LogP contribution is -2.45. The molecule has 0 rings (SSSR count). The Hall–Kier alpha value is -1.00. The number of alkyl carbamates (subject to hydrolysis) is 1. The minimum atomic E-state index is -1.42. The van der Waals surface area contributed by atoms with Gasteiger partial charge >= 0.3 is 21.4 Å². The molecule has 0 heterocycles. The summed E-state index contributed by atoms with van der Waals surface area (Å²) in [5.41, 5.74) is -0.608. The van der Waals surface area contributed by atoms with Crippen molar-refractivity contribution in [1.29, 1.82) is 0 Å². The molecule has 2 atom stereocenters. The summed E-state index contributed by atoms with van der Waals surface area (Å²) in [5.74, 6) is -0.0819. The van der Waals surface area contributed by atoms with Crippen LogP contribution in [0.5, 0.6) is 0 Å². The highest BCUT2D eigenvalue weighted by atomic mass is 33.1. The van der Waals surface area contributed by atoms with Crippen LogP contribution in [0.1, 0.15) is 34.1 Å². The van der Waals surface area contributed by atoms with Crippen molar-refractivity contribution in [2.75, 3.05) is 12.9 Å². The van der Waals surface area contributed by atoms with Crippen molar-refractivity contribution in [2.45, 2.75) is 51.0 Å². The first kappa shape index (κ1) is 25.2. The molecule has 0 bridgehead atoms. The van der Waals surface area contributed by atoms with Gasteiger partial charge in [0, 0.05) is 11.0 Å². The quantitative estimate of drug-likeness (QED) is 0.290. The number of hydrogen-bond donors (Lipinski definition) is 1. The molecule has 0 spiro atoms. The predicted molar refractivity (Wildman–Crippen MR) is 96.6 cm³/mol. The van der Waals surface area contributed by atoms with Crippen LogP contribution in [0.2, 0.25) is 0 Å². The van der Waals surface area contributed by atoms with Gasteiger partial charge in [0.15, 0.2) is 0 Å². The van der Waals surface area contributed by atoms with E-state index in [9.17, 15) is 9.59 Å². The fourth-order valence-electron chi connectivity index (χ4n) is 1.23. The fraction of sp³-hybridized carbons (Fsp3) is 0.714. The van der Waals surface area contributed by atoms with Gasteiger partial charge in [-0.05, 0) is 27.2 Å². The van der Waals surface area contributed by atoms with Gasteiger partial charge in [0.2, 0.25) is 0 Å². The van der Waals surface area contributed by atoms with Gasteiger partial charge in [-0.25, -0.2) is 9.59 Å². The van der Waals surface area contributed by atoms with Gasteiger partial charge in [0.25, 0.3) is 0 Å². The highest BCUT2D eigenvalue weighted by Crippen LogP contribution is 2.30. The molecule has 0 radical (unpaired) electrons. The molecule has 0 aromatic carbocycles. The minimum Gasteiger partial charge on any atom is -0.467 e. The smallest absolute Gasteiger partial charge is 0.467 e. The summed E-state index contributed by atoms with van der Waals surface area (Å²) < 4.78 is 26.6. The van der Waals surface area contributed by atoms with E-state index in [0.29, 0.717) is 11.0 Å². The lowest BCUT2D eigenvalue weighted by atomic mass is 10.2. The van der Waals surface area contributed by atoms with Crippen LogP contribution in [0.3, 0.4) is 0 Å². The minimum absolute atomic E-state index is 0.315. The third-order valence-corrected chi connectivity index (χ3v) is 5.20. The summed E-state index contributed by atoms with van der Waals surface area (Å²) in [4.78, 5) is 23.4. The molecule has 7 nitrogen and oxygen atoms in total. The van der Waals surface area contributed by atoms with Crippen molar-refractivity contribution in [1.82, 2.24) is 5.32 Å². The van der Waals surface area contributed by atoms with Crippen molar-refractivity contribution in [3.63, 3.8) is 0 Å². The van der Waals surface area contributed by atoms with Crippen LogP contribution in [0, 0.1) is 0 Å². The second kappa shape index (κ2) is 14.3. The summed E-state index contributed by atoms with van der Waals surface area (Å²) in [7, 11) is 2.99. The third-order valence-electron chi connectivity index (χ3n) is 2.27. The molecule has 138 valence electrons. The third kappa shape index (κ3) is 14.6. The van der Waals surface area contributed by atoms with Crippen molar-refractivity contribution < 1.29 is 28.0 Å². The van der Waals surface area contributed by atoms with Crippen LogP contribution >= 0.6 is 21.6 Å². The highest BCUT2D eigenvalue weighted by Gasteiger charge is 2.25. The normalized spacial score (nSPS) is 12.5. The van der Waals surface area contributed by atoms with Crippen LogP contribution < -0.4 is 5.32 Å². The van der Waals surface area contributed by atoms with Crippen molar-refractivity contribution in [2.24, 2.45) is 0 Å². The Morgan fingerprint density at radius 3 is 2.25 bits per heavy atom. The topological polar surface area (TPSA) is 98.8 Å². The van der Waals surface area contributed by atoms with E-state index in [1.165, 1.54) is 17.9 Å². The Kier molecular flexibility index (Phi) is 15.1. The summed E-state index contributed by atoms with van der Waals surface area (Å²) in [5, 5.41) is 2.85. The van der Waals surface area contributed by atoms with E-state index in [2.05, 4.69) is 18.8 Å². The van der Waals surface area contributed by atoms with E-state index in [1.54, 1.807) is 31.6 Å². The molecule has 24 heavy (non-hydrogen) atoms. The lowest BCUT2D eigenvalue weighted by molar-refractivity contribution is -0.142. The molecule has 0 saturated carbocycles. The van der Waals surface area contributed by atoms with Gasteiger partial charge in [-0.1, -0.05) is 34.6 Å². The summed E-state index contributed by atoms with van der Waals surface area (Å²) in [6.07, 6.45) is 2.20. The highest BCUT2D eigenvalue weighted by molar-refractivity contribution is 8.77. The summed E-state index contributed by atoms with van der Waals surface area (Å²) >= 11 is 0. The fourth-order valence-corrected chi connectivity index (χ4v) is 3.87. The monoisotopic (exact) mass is 395 g/mol. The Labute approximate surface area is 153 Å². The van der Waals surface area contributed by atoms with E-state index in [-0.39, 0.29) is 0 Å². The van der Waals surface area contributed by atoms with Crippen LogP contribution in [-0.2, 0) is 23.2 Å². The Balaban J connectivity index is 0. The van der Waals surface area contributed by atoms with E-state index >= 15 is 0 Å². The average molecular weight is 396 g/mol. The zero-order chi connectivity index (χ0) is 19.2. The van der Waals surface area contributed by atoms with Gasteiger partial charge in [0.1, 0.15) is 11.6 Å². The van der Waals surface area contributed by atoms with Gasteiger partial charge in [-0.3, -0.25) is 8.92 Å². The van der Waals surface area contributed by atoms with E-state index in [4.69, 9.17) is 18.4 Å². The summed E-state index contributed by atoms with van der Waals surface area (Å²) in [6, 6.07) is -0.732. The molecule has 0 aliphatic carbocycles. The number of esters is 1. The van der Waals surface area contributed by atoms with Crippen molar-refractivity contribution >= 4 is 42.9 Å². The molecular weight excluding hydrogens is 370 g/mol. The molecule has 0 aliphatic heterocycles. The zero-order valence-corrected chi connectivity index (χ0v) is 17.3. The number of rotatable bonds is 8. The van der Waals surface area contributed by atoms with Crippen LogP contribution in [-0.4, -0.2) is 51.1 Å². The first-order valence-electron chi connectivity index (χ1n) is 7.12. The van der Waals surface area contributed by atoms with Gasteiger partial charge in [0.05, 0.1) is 7.11 Å².